The molecule has 2 N–H and O–H groups in total. The highest BCUT2D eigenvalue weighted by Gasteiger charge is 2.10. The van der Waals surface area contributed by atoms with Gasteiger partial charge in [-0.25, -0.2) is 0 Å². The van der Waals surface area contributed by atoms with Crippen molar-refractivity contribution >= 4 is 22.2 Å². The summed E-state index contributed by atoms with van der Waals surface area (Å²) in [4.78, 5) is 5.83. The van der Waals surface area contributed by atoms with Gasteiger partial charge in [-0.15, -0.1) is 11.3 Å². The van der Waals surface area contributed by atoms with Gasteiger partial charge >= 0.3 is 0 Å². The van der Waals surface area contributed by atoms with Crippen molar-refractivity contribution < 1.29 is 0 Å². The lowest BCUT2D eigenvalue weighted by Crippen LogP contribution is -2.11. The summed E-state index contributed by atoms with van der Waals surface area (Å²) in [6.45, 7) is 0. The van der Waals surface area contributed by atoms with E-state index in [1.807, 2.05) is 35.7 Å². The van der Waals surface area contributed by atoms with Gasteiger partial charge in [0.25, 0.3) is 0 Å². The normalized spacial score (nSPS) is 12.7. The highest BCUT2D eigenvalue weighted by atomic mass is 32.1. The number of benzene rings is 1. The van der Waals surface area contributed by atoms with Crippen LogP contribution < -0.4 is 5.73 Å². The quantitative estimate of drug-likeness (QED) is 0.757. The van der Waals surface area contributed by atoms with E-state index < -0.39 is 0 Å². The molecule has 0 aliphatic rings. The first-order valence-corrected chi connectivity index (χ1v) is 7.84. The Labute approximate surface area is 123 Å². The Bertz CT molecular complexity index is 671. The molecule has 1 unspecified atom stereocenters. The largest absolute Gasteiger partial charge is 0.324 e. The second kappa shape index (κ2) is 6.16. The fraction of sp³-hybridized carbons (Fsp3) is 0.235. The van der Waals surface area contributed by atoms with Crippen molar-refractivity contribution in [3.63, 3.8) is 0 Å². The average molecular weight is 282 g/mol. The van der Waals surface area contributed by atoms with E-state index in [1.54, 1.807) is 0 Å². The van der Waals surface area contributed by atoms with E-state index in [2.05, 4.69) is 34.6 Å². The fourth-order valence-electron chi connectivity index (χ4n) is 2.56. The van der Waals surface area contributed by atoms with Crippen molar-refractivity contribution in [2.75, 3.05) is 0 Å². The van der Waals surface area contributed by atoms with Crippen molar-refractivity contribution in [2.24, 2.45) is 5.73 Å². The van der Waals surface area contributed by atoms with Crippen molar-refractivity contribution in [1.29, 1.82) is 0 Å². The molecule has 0 aliphatic carbocycles. The molecule has 0 aliphatic heterocycles. The molecule has 3 heteroatoms. The van der Waals surface area contributed by atoms with E-state index in [4.69, 9.17) is 5.73 Å². The number of aromatic nitrogens is 1. The van der Waals surface area contributed by atoms with Gasteiger partial charge in [-0.2, -0.15) is 0 Å². The van der Waals surface area contributed by atoms with Gasteiger partial charge in [-0.05, 0) is 48.4 Å². The van der Waals surface area contributed by atoms with Crippen LogP contribution in [-0.2, 0) is 6.42 Å². The molecule has 0 spiro atoms. The van der Waals surface area contributed by atoms with Gasteiger partial charge in [0, 0.05) is 22.5 Å². The number of nitrogens with zero attached hydrogens (tertiary/aromatic N) is 1. The van der Waals surface area contributed by atoms with Crippen LogP contribution in [0, 0.1) is 0 Å². The average Bonchev–Trinajstić information content (AvgIpc) is 3.00. The minimum Gasteiger partial charge on any atom is -0.324 e. The Morgan fingerprint density at radius 1 is 1.10 bits per heavy atom. The van der Waals surface area contributed by atoms with Crippen LogP contribution in [0.15, 0.2) is 54.0 Å². The molecule has 1 atom stereocenters. The smallest absolute Gasteiger partial charge is 0.0705 e. The van der Waals surface area contributed by atoms with E-state index in [0.29, 0.717) is 0 Å². The van der Waals surface area contributed by atoms with Crippen LogP contribution in [0.2, 0.25) is 0 Å². The van der Waals surface area contributed by atoms with Gasteiger partial charge < -0.3 is 5.73 Å². The van der Waals surface area contributed by atoms with Crippen LogP contribution in [0.25, 0.3) is 10.9 Å². The Balaban J connectivity index is 1.70. The Morgan fingerprint density at radius 3 is 2.90 bits per heavy atom. The molecule has 20 heavy (non-hydrogen) atoms. The Hall–Kier alpha value is -1.71. The molecule has 0 radical (unpaired) electrons. The standard InChI is InChI=1S/C17H18N2S/c18-16(9-1-5-13-6-4-12-20-13)14-7-2-10-17-15(14)8-3-11-19-17/h2-4,6-8,10-12,16H,1,5,9,18H2. The first-order valence-electron chi connectivity index (χ1n) is 6.96. The number of hydrogen-bond acceptors (Lipinski definition) is 3. The van der Waals surface area contributed by atoms with Crippen LogP contribution in [0.4, 0.5) is 0 Å². The topological polar surface area (TPSA) is 38.9 Å². The van der Waals surface area contributed by atoms with Crippen molar-refractivity contribution in [3.05, 3.63) is 64.5 Å². The summed E-state index contributed by atoms with van der Waals surface area (Å²) in [5.41, 5.74) is 8.61. The summed E-state index contributed by atoms with van der Waals surface area (Å²) in [5, 5.41) is 3.31. The predicted octanol–water partition coefficient (Wildman–Crippen LogP) is 4.32. The highest BCUT2D eigenvalue weighted by Crippen LogP contribution is 2.25. The monoisotopic (exact) mass is 282 g/mol. The molecule has 2 heterocycles. The lowest BCUT2D eigenvalue weighted by atomic mass is 9.97. The summed E-state index contributed by atoms with van der Waals surface area (Å²) in [6, 6.07) is 14.7. The van der Waals surface area contributed by atoms with E-state index in [-0.39, 0.29) is 6.04 Å². The molecule has 1 aromatic carbocycles. The van der Waals surface area contributed by atoms with Crippen LogP contribution in [0.5, 0.6) is 0 Å². The van der Waals surface area contributed by atoms with Gasteiger partial charge in [0.05, 0.1) is 5.52 Å². The maximum atomic E-state index is 6.38. The van der Waals surface area contributed by atoms with Crippen LogP contribution >= 0.6 is 11.3 Å². The molecular weight excluding hydrogens is 264 g/mol. The third kappa shape index (κ3) is 2.89. The third-order valence-electron chi connectivity index (χ3n) is 3.60. The van der Waals surface area contributed by atoms with Crippen molar-refractivity contribution in [1.82, 2.24) is 4.98 Å². The zero-order valence-corrected chi connectivity index (χ0v) is 12.1. The second-order valence-electron chi connectivity index (χ2n) is 5.00. The Morgan fingerprint density at radius 2 is 2.05 bits per heavy atom. The first kappa shape index (κ1) is 13.3. The number of rotatable bonds is 5. The number of fused-ring (bicyclic) bond motifs is 1. The van der Waals surface area contributed by atoms with Gasteiger partial charge in [0.1, 0.15) is 0 Å². The van der Waals surface area contributed by atoms with Crippen molar-refractivity contribution in [2.45, 2.75) is 25.3 Å². The van der Waals surface area contributed by atoms with Gasteiger partial charge in [-0.3, -0.25) is 4.98 Å². The number of aryl methyl sites for hydroxylation is 1. The molecule has 0 saturated carbocycles. The molecule has 0 saturated heterocycles. The van der Waals surface area contributed by atoms with E-state index >= 15 is 0 Å². The summed E-state index contributed by atoms with van der Waals surface area (Å²) in [5.74, 6) is 0. The molecule has 3 aromatic rings. The number of thiophene rings is 1. The summed E-state index contributed by atoms with van der Waals surface area (Å²) in [7, 11) is 0. The van der Waals surface area contributed by atoms with Crippen LogP contribution in [0.1, 0.15) is 29.3 Å². The zero-order valence-electron chi connectivity index (χ0n) is 11.3. The maximum Gasteiger partial charge on any atom is 0.0705 e. The highest BCUT2D eigenvalue weighted by molar-refractivity contribution is 7.09. The molecule has 0 fully saturated rings. The molecule has 2 aromatic heterocycles. The molecule has 0 bridgehead atoms. The number of hydrogen-bond donors (Lipinski definition) is 1. The van der Waals surface area contributed by atoms with Gasteiger partial charge in [0.15, 0.2) is 0 Å². The van der Waals surface area contributed by atoms with Crippen molar-refractivity contribution in [3.8, 4) is 0 Å². The minimum absolute atomic E-state index is 0.0860. The Kier molecular flexibility index (Phi) is 4.09. The van der Waals surface area contributed by atoms with Gasteiger partial charge in [-0.1, -0.05) is 24.3 Å². The number of pyridine rings is 1. The lowest BCUT2D eigenvalue weighted by Gasteiger charge is -2.14. The maximum absolute atomic E-state index is 6.38. The van der Waals surface area contributed by atoms with E-state index in [9.17, 15) is 0 Å². The van der Waals surface area contributed by atoms with Crippen LogP contribution in [-0.4, -0.2) is 4.98 Å². The molecular formula is C17H18N2S. The summed E-state index contributed by atoms with van der Waals surface area (Å²) >= 11 is 1.82. The summed E-state index contributed by atoms with van der Waals surface area (Å²) < 4.78 is 0. The van der Waals surface area contributed by atoms with E-state index in [1.165, 1.54) is 15.8 Å². The fourth-order valence-corrected chi connectivity index (χ4v) is 3.31. The minimum atomic E-state index is 0.0860. The number of nitrogens with two attached hydrogens (primary N) is 1. The summed E-state index contributed by atoms with van der Waals surface area (Å²) in [6.07, 6.45) is 5.08. The lowest BCUT2D eigenvalue weighted by molar-refractivity contribution is 0.617. The molecule has 2 nitrogen and oxygen atoms in total. The molecule has 3 rings (SSSR count). The second-order valence-corrected chi connectivity index (χ2v) is 6.03. The third-order valence-corrected chi connectivity index (χ3v) is 4.53. The predicted molar refractivity (Wildman–Crippen MR) is 85.9 cm³/mol. The first-order chi connectivity index (χ1) is 9.84. The van der Waals surface area contributed by atoms with Gasteiger partial charge in [0.2, 0.25) is 0 Å². The van der Waals surface area contributed by atoms with Crippen LogP contribution in [0.3, 0.4) is 0 Å². The zero-order chi connectivity index (χ0) is 13.8. The SMILES string of the molecule is NC(CCCc1cccs1)c1cccc2ncccc12. The van der Waals surface area contributed by atoms with E-state index in [0.717, 1.165) is 24.8 Å². The molecule has 102 valence electrons. The molecule has 0 amide bonds.